The van der Waals surface area contributed by atoms with Gasteiger partial charge in [-0.3, -0.25) is 4.79 Å². The lowest BCUT2D eigenvalue weighted by Crippen LogP contribution is -2.39. The molecule has 0 aliphatic carbocycles. The molecule has 1 amide bonds. The molecule has 0 spiro atoms. The molecule has 25 heavy (non-hydrogen) atoms. The Kier molecular flexibility index (Phi) is 6.98. The Labute approximate surface area is 151 Å². The van der Waals surface area contributed by atoms with Crippen molar-refractivity contribution in [1.29, 1.82) is 0 Å². The highest BCUT2D eigenvalue weighted by atomic mass is 32.2. The van der Waals surface area contributed by atoms with E-state index in [1.165, 1.54) is 45.5 Å². The lowest BCUT2D eigenvalue weighted by Gasteiger charge is -2.33. The van der Waals surface area contributed by atoms with E-state index in [9.17, 15) is 13.2 Å². The van der Waals surface area contributed by atoms with Crippen LogP contribution in [0.2, 0.25) is 0 Å². The maximum atomic E-state index is 12.3. The normalized spacial score (nSPS) is 19.1. The van der Waals surface area contributed by atoms with Crippen molar-refractivity contribution in [3.63, 3.8) is 0 Å². The summed E-state index contributed by atoms with van der Waals surface area (Å²) >= 11 is 0. The lowest BCUT2D eigenvalue weighted by molar-refractivity contribution is 0.0948. The average molecular weight is 368 g/mol. The molecule has 7 heteroatoms. The van der Waals surface area contributed by atoms with Crippen molar-refractivity contribution >= 4 is 15.9 Å². The summed E-state index contributed by atoms with van der Waals surface area (Å²) in [6.07, 6.45) is 4.70. The molecule has 1 saturated heterocycles. The first-order chi connectivity index (χ1) is 11.8. The van der Waals surface area contributed by atoms with Crippen molar-refractivity contribution in [3.05, 3.63) is 29.8 Å². The van der Waals surface area contributed by atoms with Crippen molar-refractivity contribution in [3.8, 4) is 0 Å². The minimum absolute atomic E-state index is 0.132. The van der Waals surface area contributed by atoms with E-state index in [0.29, 0.717) is 18.2 Å². The Hall–Kier alpha value is -1.44. The highest BCUT2D eigenvalue weighted by Crippen LogP contribution is 2.16. The molecular weight excluding hydrogens is 338 g/mol. The van der Waals surface area contributed by atoms with Gasteiger partial charge in [-0.25, -0.2) is 12.7 Å². The van der Waals surface area contributed by atoms with Crippen LogP contribution in [0.1, 0.15) is 43.0 Å². The van der Waals surface area contributed by atoms with Gasteiger partial charge in [0.25, 0.3) is 5.91 Å². The van der Waals surface area contributed by atoms with E-state index in [-0.39, 0.29) is 10.8 Å². The van der Waals surface area contributed by atoms with E-state index in [0.717, 1.165) is 23.8 Å². The Balaban J connectivity index is 1.87. The highest BCUT2D eigenvalue weighted by molar-refractivity contribution is 7.89. The molecule has 1 heterocycles. The van der Waals surface area contributed by atoms with Crippen molar-refractivity contribution in [2.24, 2.45) is 0 Å². The van der Waals surface area contributed by atoms with Crippen LogP contribution in [0.3, 0.4) is 0 Å². The number of sulfonamides is 1. The zero-order chi connectivity index (χ0) is 18.4. The topological polar surface area (TPSA) is 69.7 Å². The standard InChI is InChI=1S/C18H29N3O3S/c1-15-8-4-5-12-21(15)13-7-11-19-18(22)16-9-6-10-17(14-16)25(23,24)20(2)3/h6,9-10,14-15H,4-5,7-8,11-13H2,1-3H3,(H,19,22)/t15-/m1/s1. The molecule has 1 aromatic rings. The van der Waals surface area contributed by atoms with Gasteiger partial charge < -0.3 is 10.2 Å². The maximum Gasteiger partial charge on any atom is 0.251 e. The third kappa shape index (κ3) is 5.26. The van der Waals surface area contributed by atoms with Gasteiger partial charge in [-0.2, -0.15) is 0 Å². The van der Waals surface area contributed by atoms with E-state index in [2.05, 4.69) is 17.1 Å². The molecule has 1 aliphatic rings. The number of benzene rings is 1. The summed E-state index contributed by atoms with van der Waals surface area (Å²) in [5.74, 6) is -0.234. The van der Waals surface area contributed by atoms with Crippen LogP contribution in [0, 0.1) is 0 Å². The first-order valence-electron chi connectivity index (χ1n) is 8.87. The largest absolute Gasteiger partial charge is 0.352 e. The zero-order valence-electron chi connectivity index (χ0n) is 15.4. The molecule has 0 saturated carbocycles. The van der Waals surface area contributed by atoms with E-state index in [1.54, 1.807) is 12.1 Å². The molecule has 140 valence electrons. The number of piperidine rings is 1. The molecule has 0 unspecified atom stereocenters. The minimum atomic E-state index is -3.53. The number of hydrogen-bond donors (Lipinski definition) is 1. The van der Waals surface area contributed by atoms with Crippen LogP contribution < -0.4 is 5.32 Å². The second-order valence-electron chi connectivity index (χ2n) is 6.81. The molecule has 0 bridgehead atoms. The van der Waals surface area contributed by atoms with Gasteiger partial charge in [-0.1, -0.05) is 12.5 Å². The van der Waals surface area contributed by atoms with Gasteiger partial charge in [0.1, 0.15) is 0 Å². The van der Waals surface area contributed by atoms with Crippen molar-refractivity contribution in [2.45, 2.75) is 43.5 Å². The van der Waals surface area contributed by atoms with Crippen molar-refractivity contribution in [2.75, 3.05) is 33.7 Å². The van der Waals surface area contributed by atoms with Crippen LogP contribution >= 0.6 is 0 Å². The number of nitrogens with zero attached hydrogens (tertiary/aromatic N) is 2. The van der Waals surface area contributed by atoms with Crippen LogP contribution in [-0.4, -0.2) is 63.3 Å². The van der Waals surface area contributed by atoms with Crippen LogP contribution in [-0.2, 0) is 10.0 Å². The number of amides is 1. The van der Waals surface area contributed by atoms with E-state index in [4.69, 9.17) is 0 Å². The molecule has 1 atom stereocenters. The molecule has 2 rings (SSSR count). The third-order valence-corrected chi connectivity index (χ3v) is 6.53. The fraction of sp³-hybridized carbons (Fsp3) is 0.611. The first-order valence-corrected chi connectivity index (χ1v) is 10.3. The van der Waals surface area contributed by atoms with Crippen molar-refractivity contribution < 1.29 is 13.2 Å². The first kappa shape index (κ1) is 19.9. The number of likely N-dealkylation sites (tertiary alicyclic amines) is 1. The van der Waals surface area contributed by atoms with Gasteiger partial charge in [0, 0.05) is 38.8 Å². The van der Waals surface area contributed by atoms with Gasteiger partial charge in [0.2, 0.25) is 10.0 Å². The van der Waals surface area contributed by atoms with E-state index < -0.39 is 10.0 Å². The predicted molar refractivity (Wildman–Crippen MR) is 99.2 cm³/mol. The van der Waals surface area contributed by atoms with Crippen LogP contribution in [0.5, 0.6) is 0 Å². The number of hydrogen-bond acceptors (Lipinski definition) is 4. The second-order valence-corrected chi connectivity index (χ2v) is 8.96. The summed E-state index contributed by atoms with van der Waals surface area (Å²) < 4.78 is 25.5. The highest BCUT2D eigenvalue weighted by Gasteiger charge is 2.19. The molecule has 1 fully saturated rings. The number of carbonyl (C=O) groups excluding carboxylic acids is 1. The Morgan fingerprint density at radius 1 is 1.32 bits per heavy atom. The zero-order valence-corrected chi connectivity index (χ0v) is 16.2. The summed E-state index contributed by atoms with van der Waals surface area (Å²) in [4.78, 5) is 14.9. The number of carbonyl (C=O) groups is 1. The summed E-state index contributed by atoms with van der Waals surface area (Å²) in [7, 11) is -0.580. The lowest BCUT2D eigenvalue weighted by atomic mass is 10.0. The Morgan fingerprint density at radius 3 is 2.76 bits per heavy atom. The van der Waals surface area contributed by atoms with Crippen molar-refractivity contribution in [1.82, 2.24) is 14.5 Å². The summed E-state index contributed by atoms with van der Waals surface area (Å²) in [6, 6.07) is 6.79. The van der Waals surface area contributed by atoms with Gasteiger partial charge in [0.05, 0.1) is 4.90 Å². The molecule has 6 nitrogen and oxygen atoms in total. The molecule has 1 aliphatic heterocycles. The van der Waals surface area contributed by atoms with Crippen LogP contribution in [0.4, 0.5) is 0 Å². The van der Waals surface area contributed by atoms with Gasteiger partial charge in [-0.05, 0) is 50.9 Å². The van der Waals surface area contributed by atoms with Crippen LogP contribution in [0.25, 0.3) is 0 Å². The minimum Gasteiger partial charge on any atom is -0.352 e. The molecule has 1 N–H and O–H groups in total. The quantitative estimate of drug-likeness (QED) is 0.748. The van der Waals surface area contributed by atoms with Gasteiger partial charge >= 0.3 is 0 Å². The van der Waals surface area contributed by atoms with Crippen LogP contribution in [0.15, 0.2) is 29.2 Å². The fourth-order valence-electron chi connectivity index (χ4n) is 3.08. The average Bonchev–Trinajstić information content (AvgIpc) is 2.60. The number of rotatable bonds is 7. The smallest absolute Gasteiger partial charge is 0.251 e. The van der Waals surface area contributed by atoms with Gasteiger partial charge in [-0.15, -0.1) is 0 Å². The maximum absolute atomic E-state index is 12.3. The Morgan fingerprint density at radius 2 is 2.08 bits per heavy atom. The molecule has 1 aromatic carbocycles. The molecule has 0 radical (unpaired) electrons. The number of nitrogens with one attached hydrogen (secondary N) is 1. The molecular formula is C18H29N3O3S. The SMILES string of the molecule is C[C@@H]1CCCCN1CCCNC(=O)c1cccc(S(=O)(=O)N(C)C)c1. The predicted octanol–water partition coefficient (Wildman–Crippen LogP) is 1.93. The van der Waals surface area contributed by atoms with E-state index in [1.807, 2.05) is 0 Å². The summed E-state index contributed by atoms with van der Waals surface area (Å²) in [5, 5.41) is 2.89. The monoisotopic (exact) mass is 367 g/mol. The van der Waals surface area contributed by atoms with Gasteiger partial charge in [0.15, 0.2) is 0 Å². The summed E-state index contributed by atoms with van der Waals surface area (Å²) in [6.45, 7) is 4.97. The third-order valence-electron chi connectivity index (χ3n) is 4.72. The second kappa shape index (κ2) is 8.78. The van der Waals surface area contributed by atoms with E-state index >= 15 is 0 Å². The fourth-order valence-corrected chi connectivity index (χ4v) is 4.03. The molecule has 0 aromatic heterocycles. The summed E-state index contributed by atoms with van der Waals surface area (Å²) in [5.41, 5.74) is 0.370. The Bertz CT molecular complexity index is 689.